The molecule has 1 aromatic carbocycles. The van der Waals surface area contributed by atoms with Crippen LogP contribution in [0.25, 0.3) is 0 Å². The van der Waals surface area contributed by atoms with Crippen molar-refractivity contribution >= 4 is 38.3 Å². The van der Waals surface area contributed by atoms with Crippen molar-refractivity contribution in [3.8, 4) is 0 Å². The minimum Gasteiger partial charge on any atom is -0.343 e. The molecular formula is C16H18N4O4S2. The summed E-state index contributed by atoms with van der Waals surface area (Å²) in [6.07, 6.45) is 1.69. The zero-order valence-corrected chi connectivity index (χ0v) is 15.7. The monoisotopic (exact) mass is 394 g/mol. The Hall–Kier alpha value is -2.30. The Morgan fingerprint density at radius 1 is 1.27 bits per heavy atom. The van der Waals surface area contributed by atoms with E-state index < -0.39 is 10.0 Å². The summed E-state index contributed by atoms with van der Waals surface area (Å²) in [4.78, 5) is 29.1. The van der Waals surface area contributed by atoms with Gasteiger partial charge in [0.15, 0.2) is 5.13 Å². The fraction of sp³-hybridized carbons (Fsp3) is 0.312. The molecule has 0 bridgehead atoms. The number of fused-ring (bicyclic) bond motifs is 1. The lowest BCUT2D eigenvalue weighted by atomic mass is 10.2. The Balaban J connectivity index is 1.56. The van der Waals surface area contributed by atoms with Crippen LogP contribution in [-0.4, -0.2) is 48.9 Å². The number of carbonyl (C=O) groups is 2. The second-order valence-corrected chi connectivity index (χ2v) is 8.90. The summed E-state index contributed by atoms with van der Waals surface area (Å²) >= 11 is 1.25. The van der Waals surface area contributed by atoms with E-state index in [1.807, 2.05) is 0 Å². The molecule has 0 radical (unpaired) electrons. The largest absolute Gasteiger partial charge is 0.343 e. The van der Waals surface area contributed by atoms with Crippen molar-refractivity contribution in [3.05, 3.63) is 46.5 Å². The Morgan fingerprint density at radius 2 is 2.00 bits per heavy atom. The zero-order valence-electron chi connectivity index (χ0n) is 14.1. The van der Waals surface area contributed by atoms with Crippen LogP contribution in [0.3, 0.4) is 0 Å². The van der Waals surface area contributed by atoms with Crippen molar-refractivity contribution in [2.24, 2.45) is 0 Å². The molecule has 2 amide bonds. The summed E-state index contributed by atoms with van der Waals surface area (Å²) < 4.78 is 24.7. The molecule has 2 N–H and O–H groups in total. The highest BCUT2D eigenvalue weighted by Crippen LogP contribution is 2.29. The standard InChI is InChI=1S/C16H18N4O4S2/c1-26(23,24)20-8-7-12-13(10-20)25-16(18-12)19-14(21)9-17-15(22)11-5-3-2-4-6-11/h2-6H,7-10H2,1H3,(H,17,22)(H,18,19,21). The highest BCUT2D eigenvalue weighted by atomic mass is 32.2. The molecule has 2 aromatic rings. The molecule has 2 heterocycles. The number of aromatic nitrogens is 1. The third-order valence-corrected chi connectivity index (χ3v) is 6.10. The molecule has 1 aliphatic heterocycles. The summed E-state index contributed by atoms with van der Waals surface area (Å²) in [6.45, 7) is 0.482. The van der Waals surface area contributed by atoms with E-state index in [1.54, 1.807) is 30.3 Å². The van der Waals surface area contributed by atoms with Crippen LogP contribution in [0.15, 0.2) is 30.3 Å². The second-order valence-electron chi connectivity index (χ2n) is 5.83. The molecule has 0 spiro atoms. The SMILES string of the molecule is CS(=O)(=O)N1CCc2nc(NC(=O)CNC(=O)c3ccccc3)sc2C1. The maximum absolute atomic E-state index is 12.0. The van der Waals surface area contributed by atoms with Crippen LogP contribution in [-0.2, 0) is 27.8 Å². The first-order valence-corrected chi connectivity index (χ1v) is 10.6. The van der Waals surface area contributed by atoms with E-state index in [1.165, 1.54) is 21.9 Å². The van der Waals surface area contributed by atoms with Crippen molar-refractivity contribution in [1.82, 2.24) is 14.6 Å². The lowest BCUT2D eigenvalue weighted by Crippen LogP contribution is -2.34. The van der Waals surface area contributed by atoms with Gasteiger partial charge in [0.1, 0.15) is 0 Å². The van der Waals surface area contributed by atoms with Gasteiger partial charge in [-0.25, -0.2) is 13.4 Å². The van der Waals surface area contributed by atoms with Crippen molar-refractivity contribution in [3.63, 3.8) is 0 Å². The number of anilines is 1. The molecule has 8 nitrogen and oxygen atoms in total. The quantitative estimate of drug-likeness (QED) is 0.781. The van der Waals surface area contributed by atoms with Gasteiger partial charge in [0.25, 0.3) is 5.91 Å². The summed E-state index contributed by atoms with van der Waals surface area (Å²) in [5.74, 6) is -0.719. The van der Waals surface area contributed by atoms with E-state index in [2.05, 4.69) is 15.6 Å². The summed E-state index contributed by atoms with van der Waals surface area (Å²) in [7, 11) is -3.25. The number of benzene rings is 1. The maximum Gasteiger partial charge on any atom is 0.251 e. The molecular weight excluding hydrogens is 376 g/mol. The number of sulfonamides is 1. The molecule has 10 heteroatoms. The Bertz CT molecular complexity index is 925. The van der Waals surface area contributed by atoms with Crippen LogP contribution in [0.4, 0.5) is 5.13 Å². The van der Waals surface area contributed by atoms with E-state index in [0.717, 1.165) is 10.6 Å². The van der Waals surface area contributed by atoms with Gasteiger partial charge in [0.05, 0.1) is 18.5 Å². The number of rotatable bonds is 5. The molecule has 0 atom stereocenters. The first kappa shape index (κ1) is 18.5. The maximum atomic E-state index is 12.0. The lowest BCUT2D eigenvalue weighted by molar-refractivity contribution is -0.115. The van der Waals surface area contributed by atoms with E-state index in [-0.39, 0.29) is 24.9 Å². The zero-order chi connectivity index (χ0) is 18.7. The van der Waals surface area contributed by atoms with Gasteiger partial charge in [0.2, 0.25) is 15.9 Å². The van der Waals surface area contributed by atoms with Crippen molar-refractivity contribution in [1.29, 1.82) is 0 Å². The minimum absolute atomic E-state index is 0.173. The van der Waals surface area contributed by atoms with E-state index in [0.29, 0.717) is 23.7 Å². The second kappa shape index (κ2) is 7.52. The molecule has 0 fully saturated rings. The number of amides is 2. The number of nitrogens with zero attached hydrogens (tertiary/aromatic N) is 2. The molecule has 1 aliphatic rings. The van der Waals surface area contributed by atoms with Crippen LogP contribution < -0.4 is 10.6 Å². The van der Waals surface area contributed by atoms with Gasteiger partial charge < -0.3 is 10.6 Å². The van der Waals surface area contributed by atoms with Crippen molar-refractivity contribution < 1.29 is 18.0 Å². The number of thiazole rings is 1. The highest BCUT2D eigenvalue weighted by molar-refractivity contribution is 7.88. The predicted octanol–water partition coefficient (Wildman–Crippen LogP) is 0.829. The number of nitrogens with one attached hydrogen (secondary N) is 2. The van der Waals surface area contributed by atoms with Crippen LogP contribution in [0.5, 0.6) is 0 Å². The molecule has 0 saturated carbocycles. The third kappa shape index (κ3) is 4.45. The first-order valence-electron chi connectivity index (χ1n) is 7.90. The fourth-order valence-corrected chi connectivity index (χ4v) is 4.43. The fourth-order valence-electron chi connectivity index (χ4n) is 2.52. The molecule has 0 saturated heterocycles. The van der Waals surface area contributed by atoms with Gasteiger partial charge in [-0.15, -0.1) is 11.3 Å². The number of carbonyl (C=O) groups excluding carboxylic acids is 2. The summed E-state index contributed by atoms with van der Waals surface area (Å²) in [5.41, 5.74) is 1.28. The van der Waals surface area contributed by atoms with Gasteiger partial charge in [-0.2, -0.15) is 4.31 Å². The van der Waals surface area contributed by atoms with Crippen LogP contribution in [0, 0.1) is 0 Å². The van der Waals surface area contributed by atoms with Crippen molar-refractivity contribution in [2.45, 2.75) is 13.0 Å². The van der Waals surface area contributed by atoms with E-state index in [4.69, 9.17) is 0 Å². The van der Waals surface area contributed by atoms with Crippen molar-refractivity contribution in [2.75, 3.05) is 24.7 Å². The average molecular weight is 394 g/mol. The first-order chi connectivity index (χ1) is 12.3. The topological polar surface area (TPSA) is 108 Å². The molecule has 3 rings (SSSR count). The van der Waals surface area contributed by atoms with E-state index >= 15 is 0 Å². The minimum atomic E-state index is -3.25. The van der Waals surface area contributed by atoms with Crippen LogP contribution in [0.1, 0.15) is 20.9 Å². The molecule has 0 aliphatic carbocycles. The lowest BCUT2D eigenvalue weighted by Gasteiger charge is -2.23. The number of hydrogen-bond acceptors (Lipinski definition) is 6. The highest BCUT2D eigenvalue weighted by Gasteiger charge is 2.26. The van der Waals surface area contributed by atoms with Gasteiger partial charge in [0, 0.05) is 30.0 Å². The van der Waals surface area contributed by atoms with Gasteiger partial charge in [-0.1, -0.05) is 18.2 Å². The van der Waals surface area contributed by atoms with E-state index in [9.17, 15) is 18.0 Å². The van der Waals surface area contributed by atoms with Gasteiger partial charge >= 0.3 is 0 Å². The smallest absolute Gasteiger partial charge is 0.251 e. The predicted molar refractivity (Wildman–Crippen MR) is 98.5 cm³/mol. The van der Waals surface area contributed by atoms with Crippen LogP contribution in [0.2, 0.25) is 0 Å². The molecule has 0 unspecified atom stereocenters. The summed E-state index contributed by atoms with van der Waals surface area (Å²) in [5, 5.41) is 5.60. The molecule has 138 valence electrons. The Kier molecular flexibility index (Phi) is 5.35. The van der Waals surface area contributed by atoms with Gasteiger partial charge in [-0.05, 0) is 12.1 Å². The van der Waals surface area contributed by atoms with Gasteiger partial charge in [-0.3, -0.25) is 9.59 Å². The van der Waals surface area contributed by atoms with Crippen LogP contribution >= 0.6 is 11.3 Å². The summed E-state index contributed by atoms with van der Waals surface area (Å²) in [6, 6.07) is 8.62. The molecule has 26 heavy (non-hydrogen) atoms. The Labute approximate surface area is 155 Å². The average Bonchev–Trinajstić information content (AvgIpc) is 3.01. The number of hydrogen-bond donors (Lipinski definition) is 2. The Morgan fingerprint density at radius 3 is 2.69 bits per heavy atom. The third-order valence-electron chi connectivity index (χ3n) is 3.86. The normalized spacial score (nSPS) is 14.5. The molecule has 1 aromatic heterocycles.